The summed E-state index contributed by atoms with van der Waals surface area (Å²) in [4.78, 5) is 23.2. The molecule has 1 rings (SSSR count). The molecule has 0 aliphatic carbocycles. The van der Waals surface area contributed by atoms with E-state index < -0.39 is 11.9 Å². The second-order valence-corrected chi connectivity index (χ2v) is 4.50. The van der Waals surface area contributed by atoms with Gasteiger partial charge in [0.1, 0.15) is 5.75 Å². The summed E-state index contributed by atoms with van der Waals surface area (Å²) in [7, 11) is 2.77. The van der Waals surface area contributed by atoms with Gasteiger partial charge in [0.05, 0.1) is 25.4 Å². The van der Waals surface area contributed by atoms with Gasteiger partial charge in [0.15, 0.2) is 0 Å². The predicted molar refractivity (Wildman–Crippen MR) is 79.0 cm³/mol. The summed E-state index contributed by atoms with van der Waals surface area (Å²) in [5, 5.41) is 9.29. The number of carboxylic acids is 1. The van der Waals surface area contributed by atoms with Crippen LogP contribution in [0.5, 0.6) is 5.75 Å². The third-order valence-electron chi connectivity index (χ3n) is 2.82. The standard InChI is InChI=1S/C16H18O5/c1-10(2)14(15(17)18)13(16(19)21-4)9-11-5-7-12(20-3)8-6-11/h5-9H,1-4H3,(H,17,18)/b13-9-. The van der Waals surface area contributed by atoms with E-state index in [0.29, 0.717) is 16.9 Å². The van der Waals surface area contributed by atoms with Crippen LogP contribution >= 0.6 is 0 Å². The van der Waals surface area contributed by atoms with Crippen LogP contribution in [0.4, 0.5) is 0 Å². The number of benzene rings is 1. The number of carbonyl (C=O) groups is 2. The normalized spacial score (nSPS) is 10.8. The van der Waals surface area contributed by atoms with Crippen LogP contribution in [0.15, 0.2) is 41.0 Å². The molecule has 112 valence electrons. The van der Waals surface area contributed by atoms with Gasteiger partial charge in [0.2, 0.25) is 0 Å². The molecule has 0 saturated carbocycles. The Kier molecular flexibility index (Phi) is 5.72. The Balaban J connectivity index is 3.36. The SMILES string of the molecule is COC(=O)/C(=C\c1ccc(OC)cc1)C(C(=O)O)=C(C)C. The monoisotopic (exact) mass is 290 g/mol. The number of methoxy groups -OCH3 is 2. The maximum atomic E-state index is 11.9. The number of rotatable bonds is 5. The number of hydrogen-bond acceptors (Lipinski definition) is 4. The number of carboxylic acid groups (broad SMARTS) is 1. The van der Waals surface area contributed by atoms with Crippen LogP contribution in [0.1, 0.15) is 19.4 Å². The Morgan fingerprint density at radius 2 is 1.67 bits per heavy atom. The largest absolute Gasteiger partial charge is 0.497 e. The summed E-state index contributed by atoms with van der Waals surface area (Å²) in [6.07, 6.45) is 1.49. The first-order chi connectivity index (χ1) is 9.90. The van der Waals surface area contributed by atoms with Crippen molar-refractivity contribution in [1.82, 2.24) is 0 Å². The molecule has 0 radical (unpaired) electrons. The van der Waals surface area contributed by atoms with Gasteiger partial charge in [-0.3, -0.25) is 0 Å². The molecular formula is C16H18O5. The van der Waals surface area contributed by atoms with E-state index in [4.69, 9.17) is 4.74 Å². The highest BCUT2D eigenvalue weighted by Crippen LogP contribution is 2.21. The first-order valence-corrected chi connectivity index (χ1v) is 6.26. The van der Waals surface area contributed by atoms with E-state index in [1.165, 1.54) is 13.2 Å². The Morgan fingerprint density at radius 1 is 1.10 bits per heavy atom. The Hall–Kier alpha value is -2.56. The fraction of sp³-hybridized carbons (Fsp3) is 0.250. The predicted octanol–water partition coefficient (Wildman–Crippen LogP) is 2.67. The van der Waals surface area contributed by atoms with Crippen molar-refractivity contribution in [2.24, 2.45) is 0 Å². The van der Waals surface area contributed by atoms with Crippen LogP contribution in [0.3, 0.4) is 0 Å². The van der Waals surface area contributed by atoms with Gasteiger partial charge in [-0.25, -0.2) is 9.59 Å². The number of allylic oxidation sites excluding steroid dienone is 1. The zero-order valence-electron chi connectivity index (χ0n) is 12.5. The van der Waals surface area contributed by atoms with E-state index in [1.54, 1.807) is 45.2 Å². The molecule has 0 saturated heterocycles. The Labute approximate surface area is 123 Å². The van der Waals surface area contributed by atoms with Crippen molar-refractivity contribution in [2.75, 3.05) is 14.2 Å². The molecule has 1 aromatic carbocycles. The number of hydrogen-bond donors (Lipinski definition) is 1. The highest BCUT2D eigenvalue weighted by atomic mass is 16.5. The molecular weight excluding hydrogens is 272 g/mol. The van der Waals surface area contributed by atoms with Crippen LogP contribution in [0, 0.1) is 0 Å². The maximum Gasteiger partial charge on any atom is 0.338 e. The van der Waals surface area contributed by atoms with Gasteiger partial charge in [0.25, 0.3) is 0 Å². The van der Waals surface area contributed by atoms with Gasteiger partial charge in [0, 0.05) is 0 Å². The van der Waals surface area contributed by atoms with Crippen molar-refractivity contribution in [3.63, 3.8) is 0 Å². The second kappa shape index (κ2) is 7.28. The molecule has 1 aromatic rings. The molecule has 5 heteroatoms. The van der Waals surface area contributed by atoms with Crippen molar-refractivity contribution < 1.29 is 24.2 Å². The molecule has 0 spiro atoms. The molecule has 1 N–H and O–H groups in total. The zero-order chi connectivity index (χ0) is 16.0. The molecule has 0 unspecified atom stereocenters. The molecule has 0 bridgehead atoms. The average Bonchev–Trinajstić information content (AvgIpc) is 2.45. The highest BCUT2D eigenvalue weighted by Gasteiger charge is 2.22. The third-order valence-corrected chi connectivity index (χ3v) is 2.82. The van der Waals surface area contributed by atoms with Crippen molar-refractivity contribution in [3.05, 3.63) is 46.5 Å². The first-order valence-electron chi connectivity index (χ1n) is 6.26. The van der Waals surface area contributed by atoms with Gasteiger partial charge in [-0.1, -0.05) is 17.7 Å². The van der Waals surface area contributed by atoms with Gasteiger partial charge in [-0.2, -0.15) is 0 Å². The summed E-state index contributed by atoms with van der Waals surface area (Å²) < 4.78 is 9.73. The van der Waals surface area contributed by atoms with Gasteiger partial charge < -0.3 is 14.6 Å². The van der Waals surface area contributed by atoms with Crippen LogP contribution < -0.4 is 4.74 Å². The number of aliphatic carboxylic acids is 1. The Bertz CT molecular complexity index is 590. The van der Waals surface area contributed by atoms with E-state index in [1.807, 2.05) is 0 Å². The summed E-state index contributed by atoms with van der Waals surface area (Å²) >= 11 is 0. The lowest BCUT2D eigenvalue weighted by Gasteiger charge is -2.09. The van der Waals surface area contributed by atoms with Crippen LogP contribution in [0.2, 0.25) is 0 Å². The van der Waals surface area contributed by atoms with Crippen LogP contribution in [0.25, 0.3) is 6.08 Å². The molecule has 0 fully saturated rings. The van der Waals surface area contributed by atoms with Crippen LogP contribution in [-0.2, 0) is 14.3 Å². The fourth-order valence-electron chi connectivity index (χ4n) is 1.81. The molecule has 0 aliphatic rings. The van der Waals surface area contributed by atoms with E-state index in [2.05, 4.69) is 4.74 Å². The lowest BCUT2D eigenvalue weighted by Crippen LogP contribution is -2.14. The molecule has 21 heavy (non-hydrogen) atoms. The minimum Gasteiger partial charge on any atom is -0.497 e. The third kappa shape index (κ3) is 4.21. The summed E-state index contributed by atoms with van der Waals surface area (Å²) in [5.74, 6) is -1.18. The van der Waals surface area contributed by atoms with E-state index in [9.17, 15) is 14.7 Å². The molecule has 0 aliphatic heterocycles. The van der Waals surface area contributed by atoms with E-state index in [0.717, 1.165) is 0 Å². The molecule has 0 aromatic heterocycles. The van der Waals surface area contributed by atoms with Crippen molar-refractivity contribution in [1.29, 1.82) is 0 Å². The van der Waals surface area contributed by atoms with E-state index in [-0.39, 0.29) is 11.1 Å². The van der Waals surface area contributed by atoms with E-state index >= 15 is 0 Å². The molecule has 5 nitrogen and oxygen atoms in total. The highest BCUT2D eigenvalue weighted by molar-refractivity contribution is 6.09. The summed E-state index contributed by atoms with van der Waals surface area (Å²) in [5.41, 5.74) is 1.15. The average molecular weight is 290 g/mol. The molecule has 0 atom stereocenters. The maximum absolute atomic E-state index is 11.9. The Morgan fingerprint density at radius 3 is 2.05 bits per heavy atom. The molecule has 0 amide bonds. The minimum absolute atomic E-state index is 0.00941. The van der Waals surface area contributed by atoms with Crippen molar-refractivity contribution >= 4 is 18.0 Å². The summed E-state index contributed by atoms with van der Waals surface area (Å²) in [6.45, 7) is 3.27. The second-order valence-electron chi connectivity index (χ2n) is 4.50. The van der Waals surface area contributed by atoms with Crippen molar-refractivity contribution in [2.45, 2.75) is 13.8 Å². The van der Waals surface area contributed by atoms with Crippen molar-refractivity contribution in [3.8, 4) is 5.75 Å². The zero-order valence-corrected chi connectivity index (χ0v) is 12.5. The number of carbonyl (C=O) groups excluding carboxylic acids is 1. The fourth-order valence-corrected chi connectivity index (χ4v) is 1.81. The quantitative estimate of drug-likeness (QED) is 0.513. The lowest BCUT2D eigenvalue weighted by molar-refractivity contribution is -0.138. The van der Waals surface area contributed by atoms with Crippen LogP contribution in [-0.4, -0.2) is 31.3 Å². The van der Waals surface area contributed by atoms with Gasteiger partial charge in [-0.05, 0) is 37.6 Å². The van der Waals surface area contributed by atoms with Gasteiger partial charge in [-0.15, -0.1) is 0 Å². The number of esters is 1. The van der Waals surface area contributed by atoms with Gasteiger partial charge >= 0.3 is 11.9 Å². The lowest BCUT2D eigenvalue weighted by atomic mass is 9.99. The smallest absolute Gasteiger partial charge is 0.338 e. The molecule has 0 heterocycles. The topological polar surface area (TPSA) is 72.8 Å². The summed E-state index contributed by atoms with van der Waals surface area (Å²) in [6, 6.07) is 6.91. The number of ether oxygens (including phenoxy) is 2. The minimum atomic E-state index is -1.17. The first kappa shape index (κ1) is 16.5.